The van der Waals surface area contributed by atoms with E-state index in [1.807, 2.05) is 0 Å². The van der Waals surface area contributed by atoms with E-state index >= 15 is 0 Å². The summed E-state index contributed by atoms with van der Waals surface area (Å²) in [6, 6.07) is 4.60. The Balaban J connectivity index is 2.75. The molecule has 0 bridgehead atoms. The Morgan fingerprint density at radius 2 is 2.24 bits per heavy atom. The van der Waals surface area contributed by atoms with Crippen molar-refractivity contribution in [3.05, 3.63) is 33.9 Å². The number of alkyl halides is 1. The zero-order valence-corrected chi connectivity index (χ0v) is 10.2. The third kappa shape index (κ3) is 4.03. The number of carbonyl (C=O) groups excluding carboxylic acids is 1. The first-order chi connectivity index (χ1) is 8.04. The Labute approximate surface area is 104 Å². The Hall–Kier alpha value is -1.62. The molecule has 0 heterocycles. The Bertz CT molecular complexity index is 435. The molecule has 1 aromatic rings. The van der Waals surface area contributed by atoms with Gasteiger partial charge in [-0.1, -0.05) is 6.07 Å². The van der Waals surface area contributed by atoms with Gasteiger partial charge in [0.05, 0.1) is 4.92 Å². The number of halogens is 1. The van der Waals surface area contributed by atoms with Gasteiger partial charge in [-0.2, -0.15) is 0 Å². The highest BCUT2D eigenvalue weighted by atomic mass is 35.5. The highest BCUT2D eigenvalue weighted by Gasteiger charge is 2.12. The van der Waals surface area contributed by atoms with Crippen LogP contribution in [0.4, 0.5) is 11.4 Å². The fourth-order valence-electron chi connectivity index (χ4n) is 1.33. The fourth-order valence-corrected chi connectivity index (χ4v) is 1.47. The van der Waals surface area contributed by atoms with Crippen molar-refractivity contribution >= 4 is 28.9 Å². The number of nitrogens with zero attached hydrogens (tertiary/aromatic N) is 1. The van der Waals surface area contributed by atoms with Gasteiger partial charge in [0.15, 0.2) is 0 Å². The van der Waals surface area contributed by atoms with Gasteiger partial charge in [-0.05, 0) is 19.4 Å². The topological polar surface area (TPSA) is 72.2 Å². The molecule has 92 valence electrons. The average Bonchev–Trinajstić information content (AvgIpc) is 2.28. The van der Waals surface area contributed by atoms with E-state index in [0.717, 1.165) is 0 Å². The molecule has 1 amide bonds. The molecule has 6 heteroatoms. The van der Waals surface area contributed by atoms with Crippen LogP contribution < -0.4 is 5.32 Å². The van der Waals surface area contributed by atoms with Gasteiger partial charge in [0.2, 0.25) is 5.91 Å². The lowest BCUT2D eigenvalue weighted by Gasteiger charge is -2.05. The third-order valence-corrected chi connectivity index (χ3v) is 2.49. The van der Waals surface area contributed by atoms with E-state index in [1.165, 1.54) is 6.07 Å². The minimum Gasteiger partial charge on any atom is -0.326 e. The summed E-state index contributed by atoms with van der Waals surface area (Å²) >= 11 is 5.47. The van der Waals surface area contributed by atoms with Crippen molar-refractivity contribution in [3.8, 4) is 0 Å². The predicted molar refractivity (Wildman–Crippen MR) is 66.4 cm³/mol. The van der Waals surface area contributed by atoms with E-state index in [9.17, 15) is 14.9 Å². The second kappa shape index (κ2) is 6.20. The summed E-state index contributed by atoms with van der Waals surface area (Å²) in [6.07, 6.45) is 0.895. The van der Waals surface area contributed by atoms with Gasteiger partial charge in [-0.25, -0.2) is 0 Å². The number of hydrogen-bond acceptors (Lipinski definition) is 3. The van der Waals surface area contributed by atoms with Crippen LogP contribution in [0.15, 0.2) is 18.2 Å². The monoisotopic (exact) mass is 256 g/mol. The standard InChI is InChI=1S/C11H13ClN2O3/c1-8-4-5-9(7-10(8)14(16)17)13-11(15)3-2-6-12/h4-5,7H,2-3,6H2,1H3,(H,13,15). The number of aryl methyl sites for hydroxylation is 1. The molecule has 1 N–H and O–H groups in total. The molecule has 0 aromatic heterocycles. The van der Waals surface area contributed by atoms with E-state index in [-0.39, 0.29) is 11.6 Å². The smallest absolute Gasteiger partial charge is 0.274 e. The molecule has 1 aromatic carbocycles. The molecule has 1 rings (SSSR count). The molecule has 0 saturated carbocycles. The normalized spacial score (nSPS) is 10.0. The molecule has 5 nitrogen and oxygen atoms in total. The lowest BCUT2D eigenvalue weighted by atomic mass is 10.2. The van der Waals surface area contributed by atoms with Crippen molar-refractivity contribution in [3.63, 3.8) is 0 Å². The molecule has 0 atom stereocenters. The zero-order valence-electron chi connectivity index (χ0n) is 9.40. The maximum atomic E-state index is 11.4. The zero-order chi connectivity index (χ0) is 12.8. The van der Waals surface area contributed by atoms with Gasteiger partial charge in [0.25, 0.3) is 5.69 Å². The number of anilines is 1. The SMILES string of the molecule is Cc1ccc(NC(=O)CCCCl)cc1[N+](=O)[O-]. The first-order valence-corrected chi connectivity index (χ1v) is 5.69. The predicted octanol–water partition coefficient (Wildman–Crippen LogP) is 2.86. The summed E-state index contributed by atoms with van der Waals surface area (Å²) in [4.78, 5) is 21.6. The fraction of sp³-hybridized carbons (Fsp3) is 0.364. The summed E-state index contributed by atoms with van der Waals surface area (Å²) in [6.45, 7) is 1.65. The number of nitro groups is 1. The van der Waals surface area contributed by atoms with Gasteiger partial charge >= 0.3 is 0 Å². The molecular weight excluding hydrogens is 244 g/mol. The molecule has 0 aliphatic carbocycles. The van der Waals surface area contributed by atoms with E-state index in [2.05, 4.69) is 5.32 Å². The van der Waals surface area contributed by atoms with Crippen LogP contribution in [0.25, 0.3) is 0 Å². The number of hydrogen-bond donors (Lipinski definition) is 1. The molecule has 0 radical (unpaired) electrons. The number of carbonyl (C=O) groups is 1. The average molecular weight is 257 g/mol. The molecule has 0 unspecified atom stereocenters. The van der Waals surface area contributed by atoms with Crippen LogP contribution in [0.1, 0.15) is 18.4 Å². The van der Waals surface area contributed by atoms with Gasteiger partial charge in [0.1, 0.15) is 0 Å². The van der Waals surface area contributed by atoms with E-state index in [0.29, 0.717) is 30.0 Å². The summed E-state index contributed by atoms with van der Waals surface area (Å²) in [5, 5.41) is 13.3. The summed E-state index contributed by atoms with van der Waals surface area (Å²) < 4.78 is 0. The van der Waals surface area contributed by atoms with Crippen LogP contribution in [0, 0.1) is 17.0 Å². The second-order valence-corrected chi connectivity index (χ2v) is 3.98. The van der Waals surface area contributed by atoms with Crippen molar-refractivity contribution in [2.45, 2.75) is 19.8 Å². The maximum absolute atomic E-state index is 11.4. The number of amides is 1. The van der Waals surface area contributed by atoms with Crippen molar-refractivity contribution in [2.75, 3.05) is 11.2 Å². The molecular formula is C11H13ClN2O3. The molecule has 0 fully saturated rings. The highest BCUT2D eigenvalue weighted by Crippen LogP contribution is 2.22. The van der Waals surface area contributed by atoms with Crippen LogP contribution in [0.3, 0.4) is 0 Å². The number of nitro benzene ring substituents is 1. The van der Waals surface area contributed by atoms with Crippen LogP contribution in [-0.4, -0.2) is 16.7 Å². The van der Waals surface area contributed by atoms with Crippen LogP contribution >= 0.6 is 11.6 Å². The third-order valence-electron chi connectivity index (χ3n) is 2.23. The van der Waals surface area contributed by atoms with Crippen LogP contribution in [0.2, 0.25) is 0 Å². The quantitative estimate of drug-likeness (QED) is 0.500. The first kappa shape index (κ1) is 13.4. The van der Waals surface area contributed by atoms with Gasteiger partial charge in [0, 0.05) is 29.6 Å². The highest BCUT2D eigenvalue weighted by molar-refractivity contribution is 6.18. The molecule has 0 saturated heterocycles. The maximum Gasteiger partial charge on any atom is 0.274 e. The van der Waals surface area contributed by atoms with Crippen LogP contribution in [0.5, 0.6) is 0 Å². The van der Waals surface area contributed by atoms with Crippen molar-refractivity contribution < 1.29 is 9.72 Å². The number of nitrogens with one attached hydrogen (secondary N) is 1. The van der Waals surface area contributed by atoms with Crippen molar-refractivity contribution in [1.29, 1.82) is 0 Å². The summed E-state index contributed by atoms with van der Waals surface area (Å²) in [7, 11) is 0. The Morgan fingerprint density at radius 1 is 1.53 bits per heavy atom. The number of benzene rings is 1. The molecule has 0 aliphatic heterocycles. The lowest BCUT2D eigenvalue weighted by Crippen LogP contribution is -2.11. The van der Waals surface area contributed by atoms with Crippen molar-refractivity contribution in [1.82, 2.24) is 0 Å². The van der Waals surface area contributed by atoms with E-state index in [4.69, 9.17) is 11.6 Å². The molecule has 17 heavy (non-hydrogen) atoms. The lowest BCUT2D eigenvalue weighted by molar-refractivity contribution is -0.385. The summed E-state index contributed by atoms with van der Waals surface area (Å²) in [5.74, 6) is 0.227. The molecule has 0 spiro atoms. The molecule has 0 aliphatic rings. The summed E-state index contributed by atoms with van der Waals surface area (Å²) in [5.41, 5.74) is 0.996. The first-order valence-electron chi connectivity index (χ1n) is 5.15. The second-order valence-electron chi connectivity index (χ2n) is 3.60. The van der Waals surface area contributed by atoms with Gasteiger partial charge < -0.3 is 5.32 Å². The minimum atomic E-state index is -0.468. The van der Waals surface area contributed by atoms with Crippen LogP contribution in [-0.2, 0) is 4.79 Å². The van der Waals surface area contributed by atoms with E-state index in [1.54, 1.807) is 19.1 Å². The number of rotatable bonds is 5. The van der Waals surface area contributed by atoms with Gasteiger partial charge in [-0.15, -0.1) is 11.6 Å². The van der Waals surface area contributed by atoms with E-state index < -0.39 is 4.92 Å². The van der Waals surface area contributed by atoms with Gasteiger partial charge in [-0.3, -0.25) is 14.9 Å². The Morgan fingerprint density at radius 3 is 2.82 bits per heavy atom. The van der Waals surface area contributed by atoms with Crippen molar-refractivity contribution in [2.24, 2.45) is 0 Å². The largest absolute Gasteiger partial charge is 0.326 e. The minimum absolute atomic E-state index is 0.000133. The Kier molecular flexibility index (Phi) is 4.90.